The molecule has 1 N–H and O–H groups in total. The van der Waals surface area contributed by atoms with Crippen molar-refractivity contribution in [3.63, 3.8) is 0 Å². The smallest absolute Gasteiger partial charge is 0.276 e. The predicted molar refractivity (Wildman–Crippen MR) is 122 cm³/mol. The van der Waals surface area contributed by atoms with Crippen LogP contribution in [-0.4, -0.2) is 21.8 Å². The topological polar surface area (TPSA) is 66.3 Å². The number of rotatable bonds is 4. The summed E-state index contributed by atoms with van der Waals surface area (Å²) in [7, 11) is 0. The van der Waals surface area contributed by atoms with Crippen LogP contribution in [0.4, 0.5) is 0 Å². The number of hydrogen-bond acceptors (Lipinski definition) is 6. The summed E-state index contributed by atoms with van der Waals surface area (Å²) in [4.78, 5) is 17.9. The van der Waals surface area contributed by atoms with E-state index < -0.39 is 6.17 Å². The van der Waals surface area contributed by atoms with Crippen LogP contribution in [0.15, 0.2) is 89.0 Å². The highest BCUT2D eigenvalue weighted by Crippen LogP contribution is 2.33. The molecule has 2 aliphatic rings. The molecule has 2 aliphatic heterocycles. The van der Waals surface area contributed by atoms with Gasteiger partial charge in [0.2, 0.25) is 0 Å². The van der Waals surface area contributed by atoms with Gasteiger partial charge in [-0.05, 0) is 36.1 Å². The summed E-state index contributed by atoms with van der Waals surface area (Å²) < 4.78 is 6.01. The Hall–Kier alpha value is -3.58. The number of amidine groups is 1. The summed E-state index contributed by atoms with van der Waals surface area (Å²) in [5, 5.41) is 11.5. The molecule has 3 aromatic carbocycles. The number of carbonyl (C=O) groups excluding carboxylic acids is 1. The Labute approximate surface area is 184 Å². The number of carbonyl (C=O) groups is 1. The highest BCUT2D eigenvalue weighted by Gasteiger charge is 2.34. The first kappa shape index (κ1) is 19.4. The van der Waals surface area contributed by atoms with E-state index in [1.807, 2.05) is 85.8 Å². The number of fused-ring (bicyclic) bond motifs is 2. The quantitative estimate of drug-likeness (QED) is 0.692. The standard InChI is InChI=1S/C24H20N4O2S/c1-2-31-24-26-23(29)21-19-13-6-7-14-20(19)25-22(28(21)27-24)16-9-8-12-18(15-16)30-17-10-4-3-5-11-17/h3-15,22H,2H2,1H3,(H,26,27,29)/t22-/m1/s1. The van der Waals surface area contributed by atoms with Gasteiger partial charge in [0.25, 0.3) is 5.91 Å². The molecule has 6 nitrogen and oxygen atoms in total. The Morgan fingerprint density at radius 1 is 1.00 bits per heavy atom. The third-order valence-electron chi connectivity index (χ3n) is 4.93. The van der Waals surface area contributed by atoms with Gasteiger partial charge in [-0.1, -0.05) is 67.2 Å². The second-order valence-electron chi connectivity index (χ2n) is 6.99. The van der Waals surface area contributed by atoms with E-state index in [0.29, 0.717) is 16.6 Å². The van der Waals surface area contributed by atoms with Gasteiger partial charge in [-0.15, -0.1) is 5.10 Å². The van der Waals surface area contributed by atoms with Crippen molar-refractivity contribution in [2.45, 2.75) is 13.1 Å². The Morgan fingerprint density at radius 2 is 1.77 bits per heavy atom. The molecular formula is C24H20N4O2S. The van der Waals surface area contributed by atoms with Gasteiger partial charge in [-0.3, -0.25) is 15.1 Å². The van der Waals surface area contributed by atoms with Crippen LogP contribution in [-0.2, 0) is 4.79 Å². The maximum absolute atomic E-state index is 13.0. The van der Waals surface area contributed by atoms with Gasteiger partial charge in [0.15, 0.2) is 11.3 Å². The van der Waals surface area contributed by atoms with Crippen LogP contribution in [0.1, 0.15) is 18.7 Å². The second-order valence-corrected chi connectivity index (χ2v) is 8.25. The number of nitrogens with one attached hydrogen (secondary N) is 1. The lowest BCUT2D eigenvalue weighted by molar-refractivity contribution is -0.116. The number of nitrogens with zero attached hydrogens (tertiary/aromatic N) is 3. The molecule has 0 saturated heterocycles. The molecule has 0 fully saturated rings. The predicted octanol–water partition coefficient (Wildman–Crippen LogP) is 3.38. The number of benzene rings is 3. The molecule has 0 spiro atoms. The zero-order valence-corrected chi connectivity index (χ0v) is 17.7. The number of hydrazone groups is 1. The summed E-state index contributed by atoms with van der Waals surface area (Å²) in [5.74, 6) is 2.10. The van der Waals surface area contributed by atoms with Crippen molar-refractivity contribution in [3.05, 3.63) is 95.0 Å². The Morgan fingerprint density at radius 3 is 2.61 bits per heavy atom. The number of ether oxygens (including phenoxy) is 1. The van der Waals surface area contributed by atoms with Gasteiger partial charge in [0, 0.05) is 10.8 Å². The zero-order chi connectivity index (χ0) is 21.2. The lowest BCUT2D eigenvalue weighted by Crippen LogP contribution is -2.50. The minimum absolute atomic E-state index is 0.171. The van der Waals surface area contributed by atoms with Crippen molar-refractivity contribution in [1.82, 2.24) is 10.3 Å². The van der Waals surface area contributed by atoms with E-state index in [-0.39, 0.29) is 5.91 Å². The molecule has 31 heavy (non-hydrogen) atoms. The third-order valence-corrected chi connectivity index (χ3v) is 5.68. The molecule has 7 heteroatoms. The van der Waals surface area contributed by atoms with E-state index in [0.717, 1.165) is 27.6 Å². The van der Waals surface area contributed by atoms with Crippen LogP contribution >= 0.6 is 11.8 Å². The van der Waals surface area contributed by atoms with Crippen molar-refractivity contribution in [2.75, 3.05) is 5.75 Å². The third kappa shape index (κ3) is 3.80. The monoisotopic (exact) mass is 428 g/mol. The normalized spacial score (nSPS) is 17.1. The summed E-state index contributed by atoms with van der Waals surface area (Å²) >= 11 is 1.49. The molecule has 1 amide bonds. The van der Waals surface area contributed by atoms with Gasteiger partial charge in [-0.2, -0.15) is 0 Å². The molecular weight excluding hydrogens is 408 g/mol. The maximum atomic E-state index is 13.0. The largest absolute Gasteiger partial charge is 0.457 e. The number of amides is 1. The molecule has 0 bridgehead atoms. The minimum Gasteiger partial charge on any atom is -0.457 e. The fourth-order valence-electron chi connectivity index (χ4n) is 3.61. The Bertz CT molecular complexity index is 1290. The van der Waals surface area contributed by atoms with Crippen LogP contribution in [0.5, 0.6) is 11.5 Å². The van der Waals surface area contributed by atoms with Crippen LogP contribution in [0.3, 0.4) is 0 Å². The first-order chi connectivity index (χ1) is 15.2. The first-order valence-corrected chi connectivity index (χ1v) is 11.0. The molecule has 0 aliphatic carbocycles. The summed E-state index contributed by atoms with van der Waals surface area (Å²) in [6.45, 7) is 2.02. The van der Waals surface area contributed by atoms with E-state index in [9.17, 15) is 4.79 Å². The number of hydrogen-bond donors (Lipinski definition) is 1. The van der Waals surface area contributed by atoms with Crippen LogP contribution in [0, 0.1) is 0 Å². The molecule has 3 aromatic rings. The van der Waals surface area contributed by atoms with E-state index in [4.69, 9.17) is 14.8 Å². The first-order valence-electron chi connectivity index (χ1n) is 10.0. The van der Waals surface area contributed by atoms with Crippen molar-refractivity contribution in [1.29, 1.82) is 0 Å². The van der Waals surface area contributed by atoms with Gasteiger partial charge < -0.3 is 4.74 Å². The molecule has 0 unspecified atom stereocenters. The highest BCUT2D eigenvalue weighted by atomic mass is 32.2. The molecule has 0 aromatic heterocycles. The lowest BCUT2D eigenvalue weighted by Gasteiger charge is -2.34. The minimum atomic E-state index is -0.470. The number of thioether (sulfide) groups is 1. The van der Waals surface area contributed by atoms with Gasteiger partial charge in [0.05, 0.1) is 5.36 Å². The average molecular weight is 429 g/mol. The van der Waals surface area contributed by atoms with Crippen LogP contribution < -0.4 is 20.6 Å². The summed E-state index contributed by atoms with van der Waals surface area (Å²) in [6, 6.07) is 25.0. The average Bonchev–Trinajstić information content (AvgIpc) is 2.79. The second kappa shape index (κ2) is 8.28. The lowest BCUT2D eigenvalue weighted by atomic mass is 10.1. The fraction of sp³-hybridized carbons (Fsp3) is 0.125. The summed E-state index contributed by atoms with van der Waals surface area (Å²) in [6.07, 6.45) is -0.470. The van der Waals surface area contributed by atoms with Crippen molar-refractivity contribution >= 4 is 28.5 Å². The zero-order valence-electron chi connectivity index (χ0n) is 16.9. The van der Waals surface area contributed by atoms with E-state index in [1.54, 1.807) is 5.01 Å². The Balaban J connectivity index is 1.60. The molecule has 154 valence electrons. The number of para-hydroxylation sites is 2. The SMILES string of the molecule is CCSC1=NN2C(=c3ccccc3=N[C@H]2c2cccc(Oc3ccccc3)c2)C(=O)N1. The highest BCUT2D eigenvalue weighted by molar-refractivity contribution is 8.13. The Kier molecular flexibility index (Phi) is 5.18. The molecule has 1 atom stereocenters. The van der Waals surface area contributed by atoms with Crippen molar-refractivity contribution in [2.24, 2.45) is 10.1 Å². The van der Waals surface area contributed by atoms with Gasteiger partial charge in [-0.25, -0.2) is 5.01 Å². The van der Waals surface area contributed by atoms with Gasteiger partial charge in [0.1, 0.15) is 17.2 Å². The molecule has 2 heterocycles. The van der Waals surface area contributed by atoms with Gasteiger partial charge >= 0.3 is 0 Å². The maximum Gasteiger partial charge on any atom is 0.276 e. The van der Waals surface area contributed by atoms with E-state index >= 15 is 0 Å². The van der Waals surface area contributed by atoms with E-state index in [2.05, 4.69) is 5.32 Å². The van der Waals surface area contributed by atoms with Crippen molar-refractivity contribution < 1.29 is 9.53 Å². The van der Waals surface area contributed by atoms with Crippen LogP contribution in [0.2, 0.25) is 0 Å². The van der Waals surface area contributed by atoms with E-state index in [1.165, 1.54) is 11.8 Å². The summed E-state index contributed by atoms with van der Waals surface area (Å²) in [5.41, 5.74) is 1.39. The van der Waals surface area contributed by atoms with Crippen LogP contribution in [0.25, 0.3) is 5.70 Å². The molecule has 0 saturated carbocycles. The molecule has 5 rings (SSSR count). The molecule has 0 radical (unpaired) electrons. The fourth-order valence-corrected chi connectivity index (χ4v) is 4.19. The van der Waals surface area contributed by atoms with Crippen molar-refractivity contribution in [3.8, 4) is 11.5 Å².